The van der Waals surface area contributed by atoms with Gasteiger partial charge in [-0.3, -0.25) is 0 Å². The van der Waals surface area contributed by atoms with Crippen molar-refractivity contribution in [3.63, 3.8) is 0 Å². The molecule has 0 amide bonds. The number of aryl methyl sites for hydroxylation is 1. The highest BCUT2D eigenvalue weighted by Crippen LogP contribution is 2.20. The second-order valence-corrected chi connectivity index (χ2v) is 4.81. The lowest BCUT2D eigenvalue weighted by Gasteiger charge is -2.01. The first kappa shape index (κ1) is 11.7. The van der Waals surface area contributed by atoms with Gasteiger partial charge in [-0.25, -0.2) is 0 Å². The SMILES string of the molecule is Cc1ccc(/C=C/c2cccc3ccccc23)cc1. The minimum atomic E-state index is 1.23. The van der Waals surface area contributed by atoms with Crippen LogP contribution >= 0.6 is 0 Å². The first-order valence-corrected chi connectivity index (χ1v) is 6.55. The molecule has 0 heterocycles. The molecule has 3 rings (SSSR count). The maximum Gasteiger partial charge on any atom is -0.0111 e. The summed E-state index contributed by atoms with van der Waals surface area (Å²) in [6.45, 7) is 2.11. The first-order valence-electron chi connectivity index (χ1n) is 6.55. The van der Waals surface area contributed by atoms with Crippen molar-refractivity contribution >= 4 is 22.9 Å². The highest BCUT2D eigenvalue weighted by molar-refractivity contribution is 5.92. The van der Waals surface area contributed by atoms with Crippen LogP contribution in [0.3, 0.4) is 0 Å². The summed E-state index contributed by atoms with van der Waals surface area (Å²) in [6.07, 6.45) is 4.36. The van der Waals surface area contributed by atoms with Crippen molar-refractivity contribution in [1.82, 2.24) is 0 Å². The van der Waals surface area contributed by atoms with E-state index in [-0.39, 0.29) is 0 Å². The van der Waals surface area contributed by atoms with Crippen LogP contribution in [0.5, 0.6) is 0 Å². The number of hydrogen-bond donors (Lipinski definition) is 0. The van der Waals surface area contributed by atoms with Crippen LogP contribution in [-0.2, 0) is 0 Å². The van der Waals surface area contributed by atoms with E-state index in [2.05, 4.69) is 85.8 Å². The Kier molecular flexibility index (Phi) is 3.16. The van der Waals surface area contributed by atoms with Gasteiger partial charge in [0.1, 0.15) is 0 Å². The highest BCUT2D eigenvalue weighted by Gasteiger charge is 1.96. The fraction of sp³-hybridized carbons (Fsp3) is 0.0526. The molecule has 0 saturated carbocycles. The summed E-state index contributed by atoms with van der Waals surface area (Å²) in [7, 11) is 0. The molecule has 92 valence electrons. The molecule has 0 radical (unpaired) electrons. The van der Waals surface area contributed by atoms with Gasteiger partial charge in [0.25, 0.3) is 0 Å². The largest absolute Gasteiger partial charge is 0.0616 e. The van der Waals surface area contributed by atoms with Gasteiger partial charge in [-0.1, -0.05) is 84.4 Å². The second kappa shape index (κ2) is 5.11. The Balaban J connectivity index is 1.99. The number of hydrogen-bond acceptors (Lipinski definition) is 0. The van der Waals surface area contributed by atoms with Gasteiger partial charge in [-0.15, -0.1) is 0 Å². The lowest BCUT2D eigenvalue weighted by atomic mass is 10.0. The summed E-state index contributed by atoms with van der Waals surface area (Å²) in [4.78, 5) is 0. The van der Waals surface area contributed by atoms with E-state index in [4.69, 9.17) is 0 Å². The maximum atomic E-state index is 2.19. The summed E-state index contributed by atoms with van der Waals surface area (Å²) in [5, 5.41) is 2.59. The molecule has 0 nitrogen and oxygen atoms in total. The zero-order valence-corrected chi connectivity index (χ0v) is 11.0. The fourth-order valence-corrected chi connectivity index (χ4v) is 2.26. The topological polar surface area (TPSA) is 0 Å². The Morgan fingerprint density at radius 2 is 1.42 bits per heavy atom. The molecule has 3 aromatic rings. The molecule has 0 spiro atoms. The van der Waals surface area contributed by atoms with Gasteiger partial charge < -0.3 is 0 Å². The van der Waals surface area contributed by atoms with Gasteiger partial charge in [-0.2, -0.15) is 0 Å². The standard InChI is InChI=1S/C19H16/c1-15-9-11-16(12-10-15)13-14-18-7-4-6-17-5-2-3-8-19(17)18/h2-14H,1H3/b14-13+. The third kappa shape index (κ3) is 2.58. The third-order valence-corrected chi connectivity index (χ3v) is 3.36. The molecule has 19 heavy (non-hydrogen) atoms. The van der Waals surface area contributed by atoms with Crippen molar-refractivity contribution in [3.8, 4) is 0 Å². The molecule has 0 N–H and O–H groups in total. The van der Waals surface area contributed by atoms with Crippen LogP contribution in [-0.4, -0.2) is 0 Å². The van der Waals surface area contributed by atoms with E-state index in [1.54, 1.807) is 0 Å². The van der Waals surface area contributed by atoms with E-state index in [0.29, 0.717) is 0 Å². The minimum Gasteiger partial charge on any atom is -0.0616 e. The van der Waals surface area contributed by atoms with Crippen LogP contribution in [0.4, 0.5) is 0 Å². The molecule has 0 saturated heterocycles. The normalized spacial score (nSPS) is 11.2. The quantitative estimate of drug-likeness (QED) is 0.535. The molecule has 0 fully saturated rings. The average Bonchev–Trinajstić information content (AvgIpc) is 2.47. The average molecular weight is 244 g/mol. The molecule has 0 heteroatoms. The fourth-order valence-electron chi connectivity index (χ4n) is 2.26. The molecule has 0 aliphatic heterocycles. The van der Waals surface area contributed by atoms with Crippen molar-refractivity contribution in [2.24, 2.45) is 0 Å². The molecule has 0 aliphatic rings. The van der Waals surface area contributed by atoms with Crippen molar-refractivity contribution in [2.45, 2.75) is 6.92 Å². The lowest BCUT2D eigenvalue weighted by molar-refractivity contribution is 1.46. The summed E-state index contributed by atoms with van der Waals surface area (Å²) in [5.41, 5.74) is 3.79. The zero-order chi connectivity index (χ0) is 13.1. The van der Waals surface area contributed by atoms with E-state index >= 15 is 0 Å². The van der Waals surface area contributed by atoms with Gasteiger partial charge >= 0.3 is 0 Å². The Morgan fingerprint density at radius 3 is 2.26 bits per heavy atom. The zero-order valence-electron chi connectivity index (χ0n) is 11.0. The molecular formula is C19H16. The maximum absolute atomic E-state index is 2.19. The predicted molar refractivity (Wildman–Crippen MR) is 84.1 cm³/mol. The van der Waals surface area contributed by atoms with E-state index in [9.17, 15) is 0 Å². The van der Waals surface area contributed by atoms with Crippen molar-refractivity contribution in [2.75, 3.05) is 0 Å². The van der Waals surface area contributed by atoms with Crippen molar-refractivity contribution in [1.29, 1.82) is 0 Å². The highest BCUT2D eigenvalue weighted by atomic mass is 14.0. The van der Waals surface area contributed by atoms with E-state index < -0.39 is 0 Å². The monoisotopic (exact) mass is 244 g/mol. The molecule has 0 aliphatic carbocycles. The van der Waals surface area contributed by atoms with Crippen molar-refractivity contribution < 1.29 is 0 Å². The molecular weight excluding hydrogens is 228 g/mol. The molecule has 0 unspecified atom stereocenters. The summed E-state index contributed by atoms with van der Waals surface area (Å²) < 4.78 is 0. The molecule has 0 aromatic heterocycles. The van der Waals surface area contributed by atoms with E-state index in [1.165, 1.54) is 27.5 Å². The summed E-state index contributed by atoms with van der Waals surface area (Å²) in [5.74, 6) is 0. The number of rotatable bonds is 2. The first-order chi connectivity index (χ1) is 9.33. The third-order valence-electron chi connectivity index (χ3n) is 3.36. The van der Waals surface area contributed by atoms with Crippen LogP contribution in [0.1, 0.15) is 16.7 Å². The van der Waals surface area contributed by atoms with Gasteiger partial charge in [0.05, 0.1) is 0 Å². The van der Waals surface area contributed by atoms with Crippen LogP contribution in [0.25, 0.3) is 22.9 Å². The molecule has 0 bridgehead atoms. The lowest BCUT2D eigenvalue weighted by Crippen LogP contribution is -1.78. The Morgan fingerprint density at radius 1 is 0.684 bits per heavy atom. The van der Waals surface area contributed by atoms with Gasteiger partial charge in [0.15, 0.2) is 0 Å². The Hall–Kier alpha value is -2.34. The van der Waals surface area contributed by atoms with E-state index in [1.807, 2.05) is 0 Å². The summed E-state index contributed by atoms with van der Waals surface area (Å²) >= 11 is 0. The predicted octanol–water partition coefficient (Wildman–Crippen LogP) is 5.32. The van der Waals surface area contributed by atoms with Gasteiger partial charge in [-0.05, 0) is 28.8 Å². The minimum absolute atomic E-state index is 1.23. The van der Waals surface area contributed by atoms with E-state index in [0.717, 1.165) is 0 Å². The van der Waals surface area contributed by atoms with Crippen LogP contribution < -0.4 is 0 Å². The molecule has 0 atom stereocenters. The van der Waals surface area contributed by atoms with Gasteiger partial charge in [0, 0.05) is 0 Å². The number of benzene rings is 3. The second-order valence-electron chi connectivity index (χ2n) is 4.81. The van der Waals surface area contributed by atoms with Crippen LogP contribution in [0.2, 0.25) is 0 Å². The number of fused-ring (bicyclic) bond motifs is 1. The summed E-state index contributed by atoms with van der Waals surface area (Å²) in [6, 6.07) is 23.5. The van der Waals surface area contributed by atoms with Crippen molar-refractivity contribution in [3.05, 3.63) is 83.4 Å². The molecule has 3 aromatic carbocycles. The van der Waals surface area contributed by atoms with Gasteiger partial charge in [0.2, 0.25) is 0 Å². The van der Waals surface area contributed by atoms with Crippen LogP contribution in [0.15, 0.2) is 66.7 Å². The Labute approximate surface area is 114 Å². The smallest absolute Gasteiger partial charge is 0.0111 e. The Bertz CT molecular complexity index is 713. The van der Waals surface area contributed by atoms with Crippen LogP contribution in [0, 0.1) is 6.92 Å².